The van der Waals surface area contributed by atoms with Crippen molar-refractivity contribution in [2.75, 3.05) is 0 Å². The van der Waals surface area contributed by atoms with Crippen LogP contribution in [0.4, 0.5) is 13.2 Å². The Kier molecular flexibility index (Phi) is 2.05. The van der Waals surface area contributed by atoms with Crippen molar-refractivity contribution in [2.24, 2.45) is 5.92 Å². The van der Waals surface area contributed by atoms with Gasteiger partial charge in [-0.05, 0) is 29.9 Å². The Morgan fingerprint density at radius 2 is 1.93 bits per heavy atom. The molecule has 1 aliphatic rings. The Morgan fingerprint density at radius 1 is 1.29 bits per heavy atom. The molecule has 0 radical (unpaired) electrons. The topological polar surface area (TPSA) is 0 Å². The molecule has 0 bridgehead atoms. The smallest absolute Gasteiger partial charge is 0.166 e. The van der Waals surface area contributed by atoms with Crippen molar-refractivity contribution in [3.05, 3.63) is 35.4 Å². The summed E-state index contributed by atoms with van der Waals surface area (Å²) >= 11 is 0. The first-order valence-corrected chi connectivity index (χ1v) is 4.65. The van der Waals surface area contributed by atoms with Gasteiger partial charge in [-0.1, -0.05) is 25.1 Å². The van der Waals surface area contributed by atoms with Crippen molar-refractivity contribution in [1.29, 1.82) is 0 Å². The molecular weight excluding hydrogens is 189 g/mol. The summed E-state index contributed by atoms with van der Waals surface area (Å²) in [4.78, 5) is 0. The van der Waals surface area contributed by atoms with Crippen molar-refractivity contribution in [3.63, 3.8) is 0 Å². The number of hydrogen-bond donors (Lipinski definition) is 0. The number of alkyl halides is 3. The van der Waals surface area contributed by atoms with E-state index in [4.69, 9.17) is 0 Å². The van der Waals surface area contributed by atoms with Crippen LogP contribution in [0.5, 0.6) is 0 Å². The second-order valence-electron chi connectivity index (χ2n) is 3.94. The zero-order chi connectivity index (χ0) is 10.3. The second-order valence-corrected chi connectivity index (χ2v) is 3.94. The quantitative estimate of drug-likeness (QED) is 0.646. The third-order valence-electron chi connectivity index (χ3n) is 2.75. The Balaban J connectivity index is 2.28. The zero-order valence-corrected chi connectivity index (χ0v) is 7.81. The molecule has 0 heterocycles. The molecular formula is C11H11F3. The molecule has 1 aromatic carbocycles. The Bertz CT molecular complexity index is 341. The molecule has 0 unspecified atom stereocenters. The van der Waals surface area contributed by atoms with Crippen molar-refractivity contribution in [3.8, 4) is 0 Å². The first kappa shape index (κ1) is 9.56. The summed E-state index contributed by atoms with van der Waals surface area (Å²) in [5.41, 5.74) is 0.293. The third-order valence-corrected chi connectivity index (χ3v) is 2.75. The minimum absolute atomic E-state index is 0.345. The van der Waals surface area contributed by atoms with Gasteiger partial charge in [-0.25, -0.2) is 0 Å². The highest BCUT2D eigenvalue weighted by Crippen LogP contribution is 2.47. The maximum absolute atomic E-state index is 12.3. The first-order chi connectivity index (χ1) is 6.48. The van der Waals surface area contributed by atoms with Gasteiger partial charge < -0.3 is 0 Å². The lowest BCUT2D eigenvalue weighted by molar-refractivity contribution is -0.137. The molecule has 1 aliphatic carbocycles. The highest BCUT2D eigenvalue weighted by Gasteiger charge is 2.36. The van der Waals surface area contributed by atoms with Gasteiger partial charge in [0.25, 0.3) is 0 Å². The Hall–Kier alpha value is -0.990. The molecule has 0 amide bonds. The van der Waals surface area contributed by atoms with Gasteiger partial charge in [-0.2, -0.15) is 13.2 Å². The van der Waals surface area contributed by atoms with Gasteiger partial charge in [-0.15, -0.1) is 0 Å². The van der Waals surface area contributed by atoms with E-state index in [1.807, 2.05) is 0 Å². The van der Waals surface area contributed by atoms with Crippen molar-refractivity contribution >= 4 is 0 Å². The summed E-state index contributed by atoms with van der Waals surface area (Å²) in [6.07, 6.45) is -3.20. The van der Waals surface area contributed by atoms with E-state index in [1.54, 1.807) is 6.07 Å². The van der Waals surface area contributed by atoms with Crippen LogP contribution >= 0.6 is 0 Å². The number of rotatable bonds is 1. The zero-order valence-electron chi connectivity index (χ0n) is 7.81. The maximum Gasteiger partial charge on any atom is 0.416 e. The third kappa shape index (κ3) is 1.76. The molecule has 0 N–H and O–H groups in total. The lowest BCUT2D eigenvalue weighted by Gasteiger charge is -2.07. The monoisotopic (exact) mass is 200 g/mol. The summed E-state index contributed by atoms with van der Waals surface area (Å²) < 4.78 is 37.0. The fraction of sp³-hybridized carbons (Fsp3) is 0.455. The molecule has 0 nitrogen and oxygen atoms in total. The molecule has 1 aromatic rings. The van der Waals surface area contributed by atoms with Gasteiger partial charge in [0.05, 0.1) is 5.56 Å². The fourth-order valence-electron chi connectivity index (χ4n) is 1.73. The van der Waals surface area contributed by atoms with Crippen LogP contribution in [0.2, 0.25) is 0 Å². The predicted octanol–water partition coefficient (Wildman–Crippen LogP) is 3.83. The van der Waals surface area contributed by atoms with E-state index in [2.05, 4.69) is 6.92 Å². The van der Waals surface area contributed by atoms with Crippen LogP contribution in [-0.4, -0.2) is 0 Å². The predicted molar refractivity (Wildman–Crippen MR) is 48.0 cm³/mol. The summed E-state index contributed by atoms with van der Waals surface area (Å²) in [7, 11) is 0. The van der Waals surface area contributed by atoms with Crippen LogP contribution in [0, 0.1) is 5.92 Å². The van der Waals surface area contributed by atoms with Crippen LogP contribution in [0.1, 0.15) is 30.4 Å². The van der Waals surface area contributed by atoms with E-state index in [1.165, 1.54) is 12.1 Å². The van der Waals surface area contributed by atoms with Gasteiger partial charge in [0, 0.05) is 0 Å². The molecule has 1 fully saturated rings. The minimum Gasteiger partial charge on any atom is -0.166 e. The van der Waals surface area contributed by atoms with Crippen molar-refractivity contribution in [2.45, 2.75) is 25.4 Å². The van der Waals surface area contributed by atoms with E-state index in [-0.39, 0.29) is 0 Å². The van der Waals surface area contributed by atoms with Gasteiger partial charge in [-0.3, -0.25) is 0 Å². The molecule has 1 saturated carbocycles. The Labute approximate surface area is 80.7 Å². The lowest BCUT2D eigenvalue weighted by atomic mass is 10.1. The second kappa shape index (κ2) is 3.01. The largest absolute Gasteiger partial charge is 0.416 e. The molecule has 76 valence electrons. The average Bonchev–Trinajstić information content (AvgIpc) is 2.82. The molecule has 2 rings (SSSR count). The van der Waals surface area contributed by atoms with Crippen molar-refractivity contribution in [1.82, 2.24) is 0 Å². The molecule has 2 atom stereocenters. The standard InChI is InChI=1S/C11H11F3/c1-7-5-10(7)8-3-2-4-9(6-8)11(12,13)14/h2-4,6-7,10H,5H2,1H3/t7-,10-/m0/s1. The van der Waals surface area contributed by atoms with E-state index in [0.29, 0.717) is 11.8 Å². The normalized spacial score (nSPS) is 26.3. The van der Waals surface area contributed by atoms with Gasteiger partial charge in [0.15, 0.2) is 0 Å². The summed E-state index contributed by atoms with van der Waals surface area (Å²) in [5, 5.41) is 0. The molecule has 3 heteroatoms. The summed E-state index contributed by atoms with van der Waals surface area (Å²) in [6.45, 7) is 2.06. The van der Waals surface area contributed by atoms with Crippen LogP contribution in [0.15, 0.2) is 24.3 Å². The summed E-state index contributed by atoms with van der Waals surface area (Å²) in [6, 6.07) is 5.66. The van der Waals surface area contributed by atoms with E-state index >= 15 is 0 Å². The Morgan fingerprint density at radius 3 is 2.43 bits per heavy atom. The van der Waals surface area contributed by atoms with Gasteiger partial charge in [0.2, 0.25) is 0 Å². The van der Waals surface area contributed by atoms with Crippen molar-refractivity contribution < 1.29 is 13.2 Å². The van der Waals surface area contributed by atoms with Crippen LogP contribution < -0.4 is 0 Å². The molecule has 0 spiro atoms. The van der Waals surface area contributed by atoms with Crippen LogP contribution in [-0.2, 0) is 6.18 Å². The SMILES string of the molecule is C[C@H]1C[C@@H]1c1cccc(C(F)(F)F)c1. The molecule has 0 saturated heterocycles. The lowest BCUT2D eigenvalue weighted by Crippen LogP contribution is -2.04. The average molecular weight is 200 g/mol. The molecule has 0 aliphatic heterocycles. The number of halogens is 3. The number of hydrogen-bond acceptors (Lipinski definition) is 0. The summed E-state index contributed by atoms with van der Waals surface area (Å²) in [5.74, 6) is 0.885. The number of benzene rings is 1. The molecule has 14 heavy (non-hydrogen) atoms. The highest BCUT2D eigenvalue weighted by atomic mass is 19.4. The fourth-order valence-corrected chi connectivity index (χ4v) is 1.73. The highest BCUT2D eigenvalue weighted by molar-refractivity contribution is 5.31. The van der Waals surface area contributed by atoms with Crippen LogP contribution in [0.25, 0.3) is 0 Å². The van der Waals surface area contributed by atoms with E-state index in [9.17, 15) is 13.2 Å². The van der Waals surface area contributed by atoms with E-state index < -0.39 is 11.7 Å². The minimum atomic E-state index is -4.21. The van der Waals surface area contributed by atoms with Crippen LogP contribution in [0.3, 0.4) is 0 Å². The first-order valence-electron chi connectivity index (χ1n) is 4.65. The molecule has 0 aromatic heterocycles. The maximum atomic E-state index is 12.3. The van der Waals surface area contributed by atoms with E-state index in [0.717, 1.165) is 18.1 Å². The van der Waals surface area contributed by atoms with Gasteiger partial charge >= 0.3 is 6.18 Å². The van der Waals surface area contributed by atoms with Gasteiger partial charge in [0.1, 0.15) is 0 Å².